The van der Waals surface area contributed by atoms with Crippen LogP contribution in [0.5, 0.6) is 5.75 Å². The summed E-state index contributed by atoms with van der Waals surface area (Å²) >= 11 is 0. The average Bonchev–Trinajstić information content (AvgIpc) is 2.89. The van der Waals surface area contributed by atoms with Gasteiger partial charge in [-0.3, -0.25) is 9.59 Å². The van der Waals surface area contributed by atoms with E-state index in [1.54, 1.807) is 37.8 Å². The van der Waals surface area contributed by atoms with Crippen LogP contribution < -0.4 is 10.6 Å². The zero-order valence-electron chi connectivity index (χ0n) is 25.8. The molecule has 2 aromatic rings. The number of phenolic OH excluding ortho intramolecular Hbond substituents is 1. The summed E-state index contributed by atoms with van der Waals surface area (Å²) in [5, 5.41) is 15.7. The van der Waals surface area contributed by atoms with Crippen LogP contribution >= 0.6 is 0 Å². The van der Waals surface area contributed by atoms with Gasteiger partial charge in [0, 0.05) is 12.2 Å². The molecule has 0 radical (unpaired) electrons. The monoisotopic (exact) mass is 567 g/mol. The highest BCUT2D eigenvalue weighted by Gasteiger charge is 2.37. The first-order chi connectivity index (χ1) is 19.3. The Morgan fingerprint density at radius 1 is 0.927 bits per heavy atom. The number of carbonyl (C=O) groups is 3. The lowest BCUT2D eigenvalue weighted by Crippen LogP contribution is -2.54. The SMILES string of the molecule is CCCCCCCCN(C(=O)C(NC(=O)OC(C)(C)C)C(C)C)C(C(=O)Nc1ccccc1C)c1ccc(O)cc1. The Hall–Kier alpha value is -3.55. The van der Waals surface area contributed by atoms with Crippen molar-refractivity contribution in [3.8, 4) is 5.75 Å². The summed E-state index contributed by atoms with van der Waals surface area (Å²) in [5.74, 6) is -0.934. The van der Waals surface area contributed by atoms with Crippen molar-refractivity contribution in [3.05, 3.63) is 59.7 Å². The van der Waals surface area contributed by atoms with Crippen molar-refractivity contribution in [1.29, 1.82) is 0 Å². The largest absolute Gasteiger partial charge is 0.508 e. The van der Waals surface area contributed by atoms with Gasteiger partial charge in [0.2, 0.25) is 5.91 Å². The fourth-order valence-electron chi connectivity index (χ4n) is 4.60. The first-order valence-corrected chi connectivity index (χ1v) is 14.8. The number of nitrogens with one attached hydrogen (secondary N) is 2. The molecular formula is C33H49N3O5. The zero-order valence-corrected chi connectivity index (χ0v) is 25.8. The fourth-order valence-corrected chi connectivity index (χ4v) is 4.60. The molecule has 2 atom stereocenters. The first kappa shape index (κ1) is 33.7. The van der Waals surface area contributed by atoms with E-state index in [9.17, 15) is 19.5 Å². The zero-order chi connectivity index (χ0) is 30.6. The number of hydrogen-bond acceptors (Lipinski definition) is 5. The quantitative estimate of drug-likeness (QED) is 0.211. The minimum Gasteiger partial charge on any atom is -0.508 e. The summed E-state index contributed by atoms with van der Waals surface area (Å²) in [7, 11) is 0. The van der Waals surface area contributed by atoms with Gasteiger partial charge in [-0.25, -0.2) is 4.79 Å². The molecule has 0 aliphatic heterocycles. The number of aryl methyl sites for hydroxylation is 1. The molecule has 0 aliphatic carbocycles. The fraction of sp³-hybridized carbons (Fsp3) is 0.545. The van der Waals surface area contributed by atoms with E-state index in [0.717, 1.165) is 37.7 Å². The Balaban J connectivity index is 2.49. The summed E-state index contributed by atoms with van der Waals surface area (Å²) in [5.41, 5.74) is 1.38. The van der Waals surface area contributed by atoms with Crippen LogP contribution in [0, 0.1) is 12.8 Å². The molecule has 8 nitrogen and oxygen atoms in total. The van der Waals surface area contributed by atoms with Crippen molar-refractivity contribution < 1.29 is 24.2 Å². The standard InChI is InChI=1S/C33H49N3O5/c1-8-9-10-11-12-15-22-36(31(39)28(23(2)3)35-32(40)41-33(5,6)7)29(25-18-20-26(37)21-19-25)30(38)34-27-17-14-13-16-24(27)4/h13-14,16-21,23,28-29,37H,8-12,15,22H2,1-7H3,(H,34,38)(H,35,40). The summed E-state index contributed by atoms with van der Waals surface area (Å²) in [4.78, 5) is 42.6. The number of rotatable bonds is 14. The Morgan fingerprint density at radius 2 is 1.54 bits per heavy atom. The third kappa shape index (κ3) is 11.1. The lowest BCUT2D eigenvalue weighted by molar-refractivity contribution is -0.141. The second-order valence-electron chi connectivity index (χ2n) is 12.0. The van der Waals surface area contributed by atoms with Gasteiger partial charge in [-0.2, -0.15) is 0 Å². The average molecular weight is 568 g/mol. The van der Waals surface area contributed by atoms with Crippen molar-refractivity contribution in [2.45, 2.75) is 105 Å². The highest BCUT2D eigenvalue weighted by atomic mass is 16.6. The maximum atomic E-state index is 14.3. The van der Waals surface area contributed by atoms with Gasteiger partial charge in [0.05, 0.1) is 0 Å². The van der Waals surface area contributed by atoms with Crippen LogP contribution in [0.4, 0.5) is 10.5 Å². The molecule has 8 heteroatoms. The van der Waals surface area contributed by atoms with E-state index in [2.05, 4.69) is 17.6 Å². The second-order valence-corrected chi connectivity index (χ2v) is 12.0. The number of para-hydroxylation sites is 1. The molecule has 0 saturated carbocycles. The van der Waals surface area contributed by atoms with Crippen LogP contribution in [0.1, 0.15) is 97.2 Å². The molecule has 0 spiro atoms. The smallest absolute Gasteiger partial charge is 0.408 e. The minimum absolute atomic E-state index is 0.0623. The van der Waals surface area contributed by atoms with E-state index in [1.165, 1.54) is 12.1 Å². The number of anilines is 1. The maximum absolute atomic E-state index is 14.3. The van der Waals surface area contributed by atoms with Crippen molar-refractivity contribution >= 4 is 23.6 Å². The molecule has 3 amide bonds. The number of hydrogen-bond donors (Lipinski definition) is 3. The van der Waals surface area contributed by atoms with Crippen molar-refractivity contribution in [2.24, 2.45) is 5.92 Å². The van der Waals surface area contributed by atoms with Crippen LogP contribution in [-0.2, 0) is 14.3 Å². The summed E-state index contributed by atoms with van der Waals surface area (Å²) in [6, 6.07) is 11.9. The highest BCUT2D eigenvalue weighted by Crippen LogP contribution is 2.28. The molecule has 0 aromatic heterocycles. The molecule has 2 rings (SSSR count). The Bertz CT molecular complexity index is 1120. The number of unbranched alkanes of at least 4 members (excludes halogenated alkanes) is 5. The van der Waals surface area contributed by atoms with Crippen molar-refractivity contribution in [2.75, 3.05) is 11.9 Å². The van der Waals surface area contributed by atoms with E-state index in [4.69, 9.17) is 4.74 Å². The Labute approximate surface area is 245 Å². The van der Waals surface area contributed by atoms with Gasteiger partial charge < -0.3 is 25.4 Å². The maximum Gasteiger partial charge on any atom is 0.408 e. The summed E-state index contributed by atoms with van der Waals surface area (Å²) in [6.07, 6.45) is 5.39. The normalized spacial score (nSPS) is 12.9. The first-order valence-electron chi connectivity index (χ1n) is 14.8. The van der Waals surface area contributed by atoms with E-state index in [-0.39, 0.29) is 23.5 Å². The van der Waals surface area contributed by atoms with Crippen LogP contribution in [-0.4, -0.2) is 46.1 Å². The molecule has 2 aromatic carbocycles. The minimum atomic E-state index is -0.986. The van der Waals surface area contributed by atoms with Gasteiger partial charge in [0.25, 0.3) is 5.91 Å². The number of nitrogens with zero attached hydrogens (tertiary/aromatic N) is 1. The molecule has 2 unspecified atom stereocenters. The van der Waals surface area contributed by atoms with E-state index in [0.29, 0.717) is 24.2 Å². The molecule has 3 N–H and O–H groups in total. The lowest BCUT2D eigenvalue weighted by atomic mass is 9.98. The Morgan fingerprint density at radius 3 is 2.12 bits per heavy atom. The predicted molar refractivity (Wildman–Crippen MR) is 164 cm³/mol. The van der Waals surface area contributed by atoms with E-state index >= 15 is 0 Å². The van der Waals surface area contributed by atoms with E-state index < -0.39 is 23.8 Å². The van der Waals surface area contributed by atoms with Gasteiger partial charge >= 0.3 is 6.09 Å². The number of amides is 3. The van der Waals surface area contributed by atoms with Crippen molar-refractivity contribution in [3.63, 3.8) is 0 Å². The lowest BCUT2D eigenvalue weighted by Gasteiger charge is -2.35. The highest BCUT2D eigenvalue weighted by molar-refractivity contribution is 5.99. The van der Waals surface area contributed by atoms with E-state index in [1.807, 2.05) is 45.0 Å². The number of phenols is 1. The molecule has 41 heavy (non-hydrogen) atoms. The molecule has 0 bridgehead atoms. The Kier molecular flexibility index (Phi) is 13.2. The molecular weight excluding hydrogens is 518 g/mol. The number of aromatic hydroxyl groups is 1. The van der Waals surface area contributed by atoms with Crippen LogP contribution in [0.3, 0.4) is 0 Å². The molecule has 226 valence electrons. The van der Waals surface area contributed by atoms with Gasteiger partial charge in [0.1, 0.15) is 23.4 Å². The number of carbonyl (C=O) groups excluding carboxylic acids is 3. The van der Waals surface area contributed by atoms with Gasteiger partial charge in [-0.1, -0.05) is 83.2 Å². The number of alkyl carbamates (subject to hydrolysis) is 1. The van der Waals surface area contributed by atoms with Crippen LogP contribution in [0.25, 0.3) is 0 Å². The topological polar surface area (TPSA) is 108 Å². The molecule has 0 saturated heterocycles. The van der Waals surface area contributed by atoms with Crippen LogP contribution in [0.15, 0.2) is 48.5 Å². The molecule has 0 heterocycles. The van der Waals surface area contributed by atoms with Crippen LogP contribution in [0.2, 0.25) is 0 Å². The van der Waals surface area contributed by atoms with Crippen molar-refractivity contribution in [1.82, 2.24) is 10.2 Å². The van der Waals surface area contributed by atoms with Gasteiger partial charge in [0.15, 0.2) is 0 Å². The van der Waals surface area contributed by atoms with Gasteiger partial charge in [-0.05, 0) is 69.4 Å². The third-order valence-corrected chi connectivity index (χ3v) is 6.81. The molecule has 0 fully saturated rings. The number of ether oxygens (including phenoxy) is 1. The third-order valence-electron chi connectivity index (χ3n) is 6.81. The summed E-state index contributed by atoms with van der Waals surface area (Å²) < 4.78 is 5.45. The predicted octanol–water partition coefficient (Wildman–Crippen LogP) is 7.12. The molecule has 0 aliphatic rings. The van der Waals surface area contributed by atoms with Gasteiger partial charge in [-0.15, -0.1) is 0 Å². The number of benzene rings is 2. The second kappa shape index (κ2) is 16.0. The summed E-state index contributed by atoms with van der Waals surface area (Å²) in [6.45, 7) is 13.4.